The molecule has 0 radical (unpaired) electrons. The van der Waals surface area contributed by atoms with Crippen LogP contribution >= 0.6 is 22.7 Å². The van der Waals surface area contributed by atoms with Gasteiger partial charge in [-0.05, 0) is 31.5 Å². The zero-order valence-electron chi connectivity index (χ0n) is 13.0. The minimum absolute atomic E-state index is 0.878. The summed E-state index contributed by atoms with van der Waals surface area (Å²) in [7, 11) is 0. The Hall–Kier alpha value is -2.04. The van der Waals surface area contributed by atoms with Gasteiger partial charge in [0.25, 0.3) is 0 Å². The summed E-state index contributed by atoms with van der Waals surface area (Å²) in [4.78, 5) is 9.31. The predicted molar refractivity (Wildman–Crippen MR) is 99.5 cm³/mol. The maximum absolute atomic E-state index is 4.80. The van der Waals surface area contributed by atoms with E-state index in [0.29, 0.717) is 0 Å². The Morgan fingerprint density at radius 1 is 0.957 bits per heavy atom. The zero-order valence-corrected chi connectivity index (χ0v) is 14.7. The fourth-order valence-corrected chi connectivity index (χ4v) is 4.35. The van der Waals surface area contributed by atoms with Crippen LogP contribution in [0.25, 0.3) is 21.5 Å². The first-order valence-corrected chi connectivity index (χ1v) is 9.24. The van der Waals surface area contributed by atoms with Gasteiger partial charge in [-0.25, -0.2) is 9.97 Å². The third-order valence-corrected chi connectivity index (χ3v) is 5.60. The van der Waals surface area contributed by atoms with Crippen LogP contribution in [0.4, 0.5) is 0 Å². The Balaban J connectivity index is 1.59. The second-order valence-electron chi connectivity index (χ2n) is 5.70. The number of hydrogen-bond donors (Lipinski definition) is 0. The third kappa shape index (κ3) is 3.05. The molecule has 0 aliphatic heterocycles. The highest BCUT2D eigenvalue weighted by molar-refractivity contribution is 7.18. The highest BCUT2D eigenvalue weighted by Crippen LogP contribution is 2.26. The number of aryl methyl sites for hydroxylation is 2. The maximum Gasteiger partial charge on any atom is 0.0976 e. The molecule has 4 heteroatoms. The van der Waals surface area contributed by atoms with E-state index in [-0.39, 0.29) is 0 Å². The second-order valence-corrected chi connectivity index (χ2v) is 7.88. The smallest absolute Gasteiger partial charge is 0.0976 e. The first-order chi connectivity index (χ1) is 11.2. The molecule has 4 rings (SSSR count). The predicted octanol–water partition coefficient (Wildman–Crippen LogP) is 5.63. The summed E-state index contributed by atoms with van der Waals surface area (Å²) in [6.45, 7) is 4.16. The summed E-state index contributed by atoms with van der Waals surface area (Å²) in [6.07, 6.45) is 0.878. The zero-order chi connectivity index (χ0) is 15.8. The molecule has 0 saturated heterocycles. The van der Waals surface area contributed by atoms with Gasteiger partial charge in [0.2, 0.25) is 0 Å². The molecule has 0 spiro atoms. The van der Waals surface area contributed by atoms with Crippen molar-refractivity contribution in [3.63, 3.8) is 0 Å². The molecule has 0 amide bonds. The van der Waals surface area contributed by atoms with E-state index in [1.54, 1.807) is 22.7 Å². The summed E-state index contributed by atoms with van der Waals surface area (Å²) in [5.74, 6) is 0. The minimum atomic E-state index is 0.878. The van der Waals surface area contributed by atoms with Gasteiger partial charge in [-0.15, -0.1) is 22.7 Å². The van der Waals surface area contributed by atoms with Crippen LogP contribution in [0.1, 0.15) is 21.1 Å². The molecule has 0 bridgehead atoms. The SMILES string of the molecule is Cc1ccc(-c2csc(Cc3ccc4nc(C)sc4c3)n2)cc1. The Labute approximate surface area is 143 Å². The lowest BCUT2D eigenvalue weighted by Gasteiger charge is -1.99. The molecule has 0 atom stereocenters. The molecule has 2 nitrogen and oxygen atoms in total. The minimum Gasteiger partial charge on any atom is -0.242 e. The fraction of sp³-hybridized carbons (Fsp3) is 0.158. The summed E-state index contributed by atoms with van der Waals surface area (Å²) in [5, 5.41) is 4.42. The van der Waals surface area contributed by atoms with E-state index in [1.165, 1.54) is 21.4 Å². The number of fused-ring (bicyclic) bond motifs is 1. The monoisotopic (exact) mass is 336 g/mol. The first kappa shape index (κ1) is 14.5. The van der Waals surface area contributed by atoms with Gasteiger partial charge in [0.1, 0.15) is 0 Å². The van der Waals surface area contributed by atoms with E-state index in [0.717, 1.165) is 27.6 Å². The van der Waals surface area contributed by atoms with Crippen molar-refractivity contribution in [2.75, 3.05) is 0 Å². The highest BCUT2D eigenvalue weighted by atomic mass is 32.1. The molecule has 4 aromatic rings. The average Bonchev–Trinajstić information content (AvgIpc) is 3.13. The van der Waals surface area contributed by atoms with Gasteiger partial charge in [-0.2, -0.15) is 0 Å². The lowest BCUT2D eigenvalue weighted by Crippen LogP contribution is -1.87. The number of nitrogens with zero attached hydrogens (tertiary/aromatic N) is 2. The summed E-state index contributed by atoms with van der Waals surface area (Å²) >= 11 is 3.48. The maximum atomic E-state index is 4.80. The normalized spacial score (nSPS) is 11.2. The standard InChI is InChI=1S/C19H16N2S2/c1-12-3-6-15(7-4-12)17-11-22-19(21-17)10-14-5-8-16-18(9-14)23-13(2)20-16/h3-9,11H,10H2,1-2H3. The number of hydrogen-bond acceptors (Lipinski definition) is 4. The molecule has 2 heterocycles. The molecule has 0 fully saturated rings. The van der Waals surface area contributed by atoms with Gasteiger partial charge >= 0.3 is 0 Å². The molecule has 0 saturated carbocycles. The van der Waals surface area contributed by atoms with Crippen molar-refractivity contribution in [3.8, 4) is 11.3 Å². The van der Waals surface area contributed by atoms with E-state index in [1.807, 2.05) is 0 Å². The summed E-state index contributed by atoms with van der Waals surface area (Å²) < 4.78 is 1.26. The van der Waals surface area contributed by atoms with Crippen molar-refractivity contribution in [3.05, 3.63) is 69.0 Å². The van der Waals surface area contributed by atoms with Gasteiger partial charge in [0.05, 0.1) is 25.9 Å². The van der Waals surface area contributed by atoms with Crippen molar-refractivity contribution < 1.29 is 0 Å². The lowest BCUT2D eigenvalue weighted by molar-refractivity contribution is 1.14. The molecule has 0 aliphatic carbocycles. The number of thiazole rings is 2. The van der Waals surface area contributed by atoms with E-state index in [2.05, 4.69) is 66.7 Å². The van der Waals surface area contributed by atoms with Crippen LogP contribution in [0, 0.1) is 13.8 Å². The van der Waals surface area contributed by atoms with Crippen LogP contribution in [-0.4, -0.2) is 9.97 Å². The van der Waals surface area contributed by atoms with Gasteiger partial charge in [-0.1, -0.05) is 35.9 Å². The molecule has 0 aliphatic rings. The third-order valence-electron chi connectivity index (χ3n) is 3.81. The van der Waals surface area contributed by atoms with Gasteiger partial charge in [0.15, 0.2) is 0 Å². The molecule has 114 valence electrons. The van der Waals surface area contributed by atoms with E-state index in [9.17, 15) is 0 Å². The quantitative estimate of drug-likeness (QED) is 0.485. The Bertz CT molecular complexity index is 965. The largest absolute Gasteiger partial charge is 0.242 e. The molecular formula is C19H16N2S2. The van der Waals surface area contributed by atoms with Crippen LogP contribution in [-0.2, 0) is 6.42 Å². The first-order valence-electron chi connectivity index (χ1n) is 7.55. The fourth-order valence-electron chi connectivity index (χ4n) is 2.62. The number of rotatable bonds is 3. The molecule has 2 aromatic heterocycles. The molecule has 23 heavy (non-hydrogen) atoms. The second kappa shape index (κ2) is 5.87. The van der Waals surface area contributed by atoms with Crippen LogP contribution in [0.3, 0.4) is 0 Å². The van der Waals surface area contributed by atoms with Crippen molar-refractivity contribution in [1.29, 1.82) is 0 Å². The highest BCUT2D eigenvalue weighted by Gasteiger charge is 2.07. The van der Waals surface area contributed by atoms with Gasteiger partial charge < -0.3 is 0 Å². The van der Waals surface area contributed by atoms with E-state index < -0.39 is 0 Å². The Kier molecular flexibility index (Phi) is 3.71. The van der Waals surface area contributed by atoms with Crippen LogP contribution in [0.5, 0.6) is 0 Å². The number of aromatic nitrogens is 2. The Morgan fingerprint density at radius 3 is 2.61 bits per heavy atom. The van der Waals surface area contributed by atoms with Crippen molar-refractivity contribution in [2.24, 2.45) is 0 Å². The lowest BCUT2D eigenvalue weighted by atomic mass is 10.1. The van der Waals surface area contributed by atoms with E-state index in [4.69, 9.17) is 4.98 Å². The van der Waals surface area contributed by atoms with Gasteiger partial charge in [0, 0.05) is 17.4 Å². The summed E-state index contributed by atoms with van der Waals surface area (Å²) in [5.41, 5.74) is 5.92. The van der Waals surface area contributed by atoms with Crippen molar-refractivity contribution in [2.45, 2.75) is 20.3 Å². The van der Waals surface area contributed by atoms with E-state index >= 15 is 0 Å². The molecular weight excluding hydrogens is 320 g/mol. The van der Waals surface area contributed by atoms with Crippen molar-refractivity contribution in [1.82, 2.24) is 9.97 Å². The summed E-state index contributed by atoms with van der Waals surface area (Å²) in [6, 6.07) is 15.1. The molecule has 2 aromatic carbocycles. The number of benzene rings is 2. The van der Waals surface area contributed by atoms with Gasteiger partial charge in [-0.3, -0.25) is 0 Å². The van der Waals surface area contributed by atoms with Crippen molar-refractivity contribution >= 4 is 32.9 Å². The average molecular weight is 336 g/mol. The van der Waals surface area contributed by atoms with Crippen LogP contribution in [0.15, 0.2) is 47.8 Å². The Morgan fingerprint density at radius 2 is 1.78 bits per heavy atom. The van der Waals surface area contributed by atoms with Crippen LogP contribution in [0.2, 0.25) is 0 Å². The topological polar surface area (TPSA) is 25.8 Å². The molecule has 0 N–H and O–H groups in total. The molecule has 0 unspecified atom stereocenters. The van der Waals surface area contributed by atoms with Crippen LogP contribution < -0.4 is 0 Å².